The van der Waals surface area contributed by atoms with Crippen LogP contribution in [0.15, 0.2) is 0 Å². The Labute approximate surface area is 157 Å². The standard InChI is InChI=1S/C20H42N2O2Si/c1-6-7-8-9-10-11-12-13-16-25(4,5)22-15-14-21(18-22)17-19(2)20(23)24-3/h19H,6-18H2,1-5H3. The van der Waals surface area contributed by atoms with E-state index in [0.29, 0.717) is 0 Å². The molecule has 1 unspecified atom stereocenters. The van der Waals surface area contributed by atoms with Gasteiger partial charge in [-0.15, -0.1) is 0 Å². The summed E-state index contributed by atoms with van der Waals surface area (Å²) in [7, 11) is 0.177. The van der Waals surface area contributed by atoms with Crippen molar-refractivity contribution < 1.29 is 9.53 Å². The number of carbonyl (C=O) groups excluding carboxylic acids is 1. The van der Waals surface area contributed by atoms with Crippen molar-refractivity contribution in [2.45, 2.75) is 84.4 Å². The maximum absolute atomic E-state index is 11.6. The molecular formula is C20H42N2O2Si. The van der Waals surface area contributed by atoms with Gasteiger partial charge in [0.25, 0.3) is 0 Å². The molecule has 1 heterocycles. The fraction of sp³-hybridized carbons (Fsp3) is 0.950. The lowest BCUT2D eigenvalue weighted by atomic mass is 10.1. The van der Waals surface area contributed by atoms with Crippen LogP contribution < -0.4 is 0 Å². The van der Waals surface area contributed by atoms with Gasteiger partial charge in [-0.2, -0.15) is 0 Å². The highest BCUT2D eigenvalue weighted by molar-refractivity contribution is 6.74. The fourth-order valence-corrected chi connectivity index (χ4v) is 6.52. The first-order valence-corrected chi connectivity index (χ1v) is 13.6. The van der Waals surface area contributed by atoms with E-state index in [2.05, 4.69) is 29.5 Å². The summed E-state index contributed by atoms with van der Waals surface area (Å²) < 4.78 is 7.57. The average molecular weight is 371 g/mol. The van der Waals surface area contributed by atoms with Crippen molar-refractivity contribution in [3.63, 3.8) is 0 Å². The van der Waals surface area contributed by atoms with Gasteiger partial charge in [-0.1, -0.05) is 78.3 Å². The second-order valence-electron chi connectivity index (χ2n) is 8.44. The molecule has 1 aliphatic rings. The van der Waals surface area contributed by atoms with Crippen molar-refractivity contribution in [1.29, 1.82) is 0 Å². The smallest absolute Gasteiger partial charge is 0.309 e. The molecule has 1 fully saturated rings. The Balaban J connectivity index is 2.20. The van der Waals surface area contributed by atoms with E-state index in [9.17, 15) is 4.79 Å². The normalized spacial score (nSPS) is 17.8. The molecule has 0 aromatic carbocycles. The van der Waals surface area contributed by atoms with Crippen LogP contribution in [0.4, 0.5) is 0 Å². The third kappa shape index (κ3) is 8.69. The Hall–Kier alpha value is -0.393. The van der Waals surface area contributed by atoms with E-state index < -0.39 is 8.24 Å². The zero-order valence-corrected chi connectivity index (χ0v) is 18.5. The van der Waals surface area contributed by atoms with Crippen molar-refractivity contribution in [3.8, 4) is 0 Å². The van der Waals surface area contributed by atoms with Gasteiger partial charge in [-0.25, -0.2) is 0 Å². The highest BCUT2D eigenvalue weighted by Gasteiger charge is 2.34. The maximum Gasteiger partial charge on any atom is 0.309 e. The number of rotatable bonds is 13. The van der Waals surface area contributed by atoms with Crippen LogP contribution in [0.1, 0.15) is 65.2 Å². The number of carbonyl (C=O) groups is 1. The van der Waals surface area contributed by atoms with Crippen LogP contribution in [0.5, 0.6) is 0 Å². The highest BCUT2D eigenvalue weighted by Crippen LogP contribution is 2.23. The van der Waals surface area contributed by atoms with Gasteiger partial charge >= 0.3 is 5.97 Å². The van der Waals surface area contributed by atoms with Crippen molar-refractivity contribution in [3.05, 3.63) is 0 Å². The Bertz CT molecular complexity index is 377. The summed E-state index contributed by atoms with van der Waals surface area (Å²) in [5.74, 6) is -0.115. The minimum absolute atomic E-state index is 0.0255. The third-order valence-electron chi connectivity index (χ3n) is 5.69. The second kappa shape index (κ2) is 12.1. The molecule has 0 N–H and O–H groups in total. The molecule has 0 bridgehead atoms. The molecule has 1 saturated heterocycles. The van der Waals surface area contributed by atoms with Crippen molar-refractivity contribution in [2.24, 2.45) is 5.92 Å². The summed E-state index contributed by atoms with van der Waals surface area (Å²) in [6.45, 7) is 13.4. The lowest BCUT2D eigenvalue weighted by molar-refractivity contribution is -0.145. The van der Waals surface area contributed by atoms with Crippen molar-refractivity contribution in [1.82, 2.24) is 9.47 Å². The van der Waals surface area contributed by atoms with Gasteiger partial charge in [0, 0.05) is 26.3 Å². The molecule has 148 valence electrons. The van der Waals surface area contributed by atoms with Crippen LogP contribution in [-0.4, -0.2) is 57.1 Å². The van der Waals surface area contributed by atoms with Crippen molar-refractivity contribution >= 4 is 14.2 Å². The topological polar surface area (TPSA) is 32.8 Å². The molecule has 1 rings (SSSR count). The SMILES string of the molecule is CCCCCCCCCC[Si](C)(C)N1CCN(CC(C)C(=O)OC)C1. The lowest BCUT2D eigenvalue weighted by Crippen LogP contribution is -2.48. The molecule has 0 aromatic heterocycles. The van der Waals surface area contributed by atoms with E-state index in [0.717, 1.165) is 19.8 Å². The third-order valence-corrected chi connectivity index (χ3v) is 9.34. The number of hydrogen-bond acceptors (Lipinski definition) is 4. The Morgan fingerprint density at radius 1 is 1.04 bits per heavy atom. The van der Waals surface area contributed by atoms with Crippen LogP contribution in [0.3, 0.4) is 0 Å². The summed E-state index contributed by atoms with van der Waals surface area (Å²) in [5, 5.41) is 0. The minimum Gasteiger partial charge on any atom is -0.469 e. The van der Waals surface area contributed by atoms with Gasteiger partial charge in [0.1, 0.15) is 8.24 Å². The predicted molar refractivity (Wildman–Crippen MR) is 109 cm³/mol. The van der Waals surface area contributed by atoms with E-state index in [1.54, 1.807) is 0 Å². The van der Waals surface area contributed by atoms with Gasteiger partial charge in [0.2, 0.25) is 0 Å². The quantitative estimate of drug-likeness (QED) is 0.267. The molecule has 1 aliphatic heterocycles. The Kier molecular flexibility index (Phi) is 10.9. The first-order chi connectivity index (χ1) is 11.9. The molecular weight excluding hydrogens is 328 g/mol. The van der Waals surface area contributed by atoms with E-state index >= 15 is 0 Å². The molecule has 0 aromatic rings. The first-order valence-electron chi connectivity index (χ1n) is 10.5. The molecule has 25 heavy (non-hydrogen) atoms. The molecule has 0 amide bonds. The largest absolute Gasteiger partial charge is 0.469 e. The molecule has 1 atom stereocenters. The van der Waals surface area contributed by atoms with Crippen LogP contribution in [0.2, 0.25) is 19.1 Å². The lowest BCUT2D eigenvalue weighted by Gasteiger charge is -2.34. The number of ether oxygens (including phenoxy) is 1. The molecule has 0 saturated carbocycles. The Morgan fingerprint density at radius 2 is 1.64 bits per heavy atom. The number of hydrogen-bond donors (Lipinski definition) is 0. The Morgan fingerprint density at radius 3 is 2.24 bits per heavy atom. The van der Waals surface area contributed by atoms with E-state index in [-0.39, 0.29) is 11.9 Å². The molecule has 5 heteroatoms. The summed E-state index contributed by atoms with van der Waals surface area (Å²) in [6.07, 6.45) is 11.2. The van der Waals surface area contributed by atoms with Gasteiger partial charge < -0.3 is 9.30 Å². The maximum atomic E-state index is 11.6. The zero-order chi connectivity index (χ0) is 18.7. The van der Waals surface area contributed by atoms with E-state index in [1.165, 1.54) is 71.1 Å². The molecule has 4 nitrogen and oxygen atoms in total. The van der Waals surface area contributed by atoms with Gasteiger partial charge in [-0.05, 0) is 6.04 Å². The highest BCUT2D eigenvalue weighted by atomic mass is 28.3. The zero-order valence-electron chi connectivity index (χ0n) is 17.5. The van der Waals surface area contributed by atoms with Crippen LogP contribution in [0.25, 0.3) is 0 Å². The first kappa shape index (κ1) is 22.6. The predicted octanol–water partition coefficient (Wildman–Crippen LogP) is 4.72. The van der Waals surface area contributed by atoms with Crippen LogP contribution in [0, 0.1) is 5.92 Å². The fourth-order valence-electron chi connectivity index (χ4n) is 3.80. The molecule has 0 radical (unpaired) electrons. The summed E-state index contributed by atoms with van der Waals surface area (Å²) in [5.41, 5.74) is 0. The number of methoxy groups -OCH3 is 1. The minimum atomic E-state index is -1.30. The number of unbranched alkanes of at least 4 members (excludes halogenated alkanes) is 7. The van der Waals surface area contributed by atoms with Crippen molar-refractivity contribution in [2.75, 3.05) is 33.4 Å². The van der Waals surface area contributed by atoms with E-state index in [4.69, 9.17) is 4.74 Å². The summed E-state index contributed by atoms with van der Waals surface area (Å²) >= 11 is 0. The van der Waals surface area contributed by atoms with Gasteiger partial charge in [0.05, 0.1) is 13.0 Å². The summed E-state index contributed by atoms with van der Waals surface area (Å²) in [4.78, 5) is 14.0. The van der Waals surface area contributed by atoms with Crippen LogP contribution >= 0.6 is 0 Å². The van der Waals surface area contributed by atoms with Crippen LogP contribution in [-0.2, 0) is 9.53 Å². The molecule has 0 spiro atoms. The van der Waals surface area contributed by atoms with Gasteiger partial charge in [0.15, 0.2) is 0 Å². The summed E-state index contributed by atoms with van der Waals surface area (Å²) in [6, 6.07) is 1.41. The average Bonchev–Trinajstić information content (AvgIpc) is 3.05. The van der Waals surface area contributed by atoms with Gasteiger partial charge in [-0.3, -0.25) is 9.69 Å². The number of nitrogens with zero attached hydrogens (tertiary/aromatic N) is 2. The number of esters is 1. The monoisotopic (exact) mass is 370 g/mol. The molecule has 0 aliphatic carbocycles. The van der Waals surface area contributed by atoms with E-state index in [1.807, 2.05) is 6.92 Å². The second-order valence-corrected chi connectivity index (χ2v) is 13.2.